The van der Waals surface area contributed by atoms with E-state index in [4.69, 9.17) is 9.47 Å². The van der Waals surface area contributed by atoms with E-state index in [1.807, 2.05) is 37.3 Å². The first kappa shape index (κ1) is 23.8. The Morgan fingerprint density at radius 2 is 1.70 bits per heavy atom. The molecule has 0 aliphatic rings. The fraction of sp³-hybridized carbons (Fsp3) is 0.333. The molecule has 3 rings (SSSR count). The summed E-state index contributed by atoms with van der Waals surface area (Å²) < 4.78 is 12.2. The second-order valence-corrected chi connectivity index (χ2v) is 7.64. The molecule has 9 nitrogen and oxygen atoms in total. The van der Waals surface area contributed by atoms with E-state index in [-0.39, 0.29) is 11.6 Å². The Kier molecular flexibility index (Phi) is 7.32. The van der Waals surface area contributed by atoms with Crippen molar-refractivity contribution in [2.75, 3.05) is 20.8 Å². The molecule has 0 spiro atoms. The number of nitrogens with zero attached hydrogens (tertiary/aromatic N) is 4. The third-order valence-electron chi connectivity index (χ3n) is 5.55. The lowest BCUT2D eigenvalue weighted by atomic mass is 10.1. The number of hydrogen-bond donors (Lipinski definition) is 0. The van der Waals surface area contributed by atoms with Crippen LogP contribution in [0, 0.1) is 24.0 Å². The number of aryl methyl sites for hydroxylation is 1. The van der Waals surface area contributed by atoms with Crippen molar-refractivity contribution < 1.29 is 19.2 Å². The highest BCUT2D eigenvalue weighted by molar-refractivity contribution is 5.94. The summed E-state index contributed by atoms with van der Waals surface area (Å²) in [6, 6.07) is 12.8. The molecule has 0 saturated heterocycles. The highest BCUT2D eigenvalue weighted by Gasteiger charge is 2.22. The van der Waals surface area contributed by atoms with E-state index in [0.29, 0.717) is 48.1 Å². The maximum atomic E-state index is 13.1. The predicted molar refractivity (Wildman–Crippen MR) is 124 cm³/mol. The molecule has 0 N–H and O–H groups in total. The number of carbonyl (C=O) groups is 1. The number of hydrogen-bond acceptors (Lipinski definition) is 6. The number of ether oxygens (including phenoxy) is 2. The van der Waals surface area contributed by atoms with Gasteiger partial charge in [-0.05, 0) is 56.2 Å². The van der Waals surface area contributed by atoms with Gasteiger partial charge in [-0.3, -0.25) is 19.6 Å². The molecule has 9 heteroatoms. The molecule has 2 aromatic carbocycles. The Hall–Kier alpha value is -3.88. The molecular formula is C24H28N4O5. The number of benzene rings is 2. The molecule has 0 atom stereocenters. The molecular weight excluding hydrogens is 424 g/mol. The minimum absolute atomic E-state index is 0.0375. The number of aromatic nitrogens is 2. The second kappa shape index (κ2) is 10.2. The van der Waals surface area contributed by atoms with Crippen LogP contribution < -0.4 is 9.47 Å². The third-order valence-corrected chi connectivity index (χ3v) is 5.55. The van der Waals surface area contributed by atoms with E-state index in [0.717, 1.165) is 11.1 Å². The summed E-state index contributed by atoms with van der Waals surface area (Å²) in [5.41, 5.74) is 3.33. The van der Waals surface area contributed by atoms with Crippen LogP contribution >= 0.6 is 0 Å². The second-order valence-electron chi connectivity index (χ2n) is 7.64. The van der Waals surface area contributed by atoms with E-state index >= 15 is 0 Å². The number of nitro groups is 1. The first-order valence-electron chi connectivity index (χ1n) is 10.6. The standard InChI is InChI=1S/C24H28N4O5/c1-6-26(14-19-9-12-21(32-4)22(13-19)33-5)24(29)20-10-7-18(8-11-20)15-27-17(3)23(28(30)31)16(2)25-27/h7-13H,6,14-15H2,1-5H3. The van der Waals surface area contributed by atoms with E-state index in [1.54, 1.807) is 49.8 Å². The van der Waals surface area contributed by atoms with Crippen molar-refractivity contribution in [3.05, 3.63) is 80.7 Å². The average molecular weight is 453 g/mol. The maximum Gasteiger partial charge on any atom is 0.312 e. The molecule has 33 heavy (non-hydrogen) atoms. The lowest BCUT2D eigenvalue weighted by molar-refractivity contribution is -0.386. The number of amides is 1. The molecule has 0 aliphatic heterocycles. The largest absolute Gasteiger partial charge is 0.493 e. The Balaban J connectivity index is 1.74. The van der Waals surface area contributed by atoms with Crippen LogP contribution in [0.1, 0.15) is 39.8 Å². The average Bonchev–Trinajstić information content (AvgIpc) is 3.09. The molecule has 0 bridgehead atoms. The lowest BCUT2D eigenvalue weighted by Crippen LogP contribution is -2.30. The van der Waals surface area contributed by atoms with Crippen LogP contribution in [-0.4, -0.2) is 46.3 Å². The zero-order valence-corrected chi connectivity index (χ0v) is 19.5. The molecule has 0 saturated carbocycles. The van der Waals surface area contributed by atoms with Crippen LogP contribution in [0.3, 0.4) is 0 Å². The molecule has 3 aromatic rings. The molecule has 1 amide bonds. The highest BCUT2D eigenvalue weighted by Crippen LogP contribution is 2.28. The van der Waals surface area contributed by atoms with Crippen molar-refractivity contribution in [2.45, 2.75) is 33.9 Å². The topological polar surface area (TPSA) is 99.7 Å². The van der Waals surface area contributed by atoms with Crippen LogP contribution in [0.5, 0.6) is 11.5 Å². The summed E-state index contributed by atoms with van der Waals surface area (Å²) in [6.07, 6.45) is 0. The first-order valence-corrected chi connectivity index (χ1v) is 10.6. The Morgan fingerprint density at radius 1 is 1.06 bits per heavy atom. The Bertz CT molecular complexity index is 1150. The van der Waals surface area contributed by atoms with Crippen LogP contribution in [0.25, 0.3) is 0 Å². The van der Waals surface area contributed by atoms with E-state index in [2.05, 4.69) is 5.10 Å². The van der Waals surface area contributed by atoms with Crippen molar-refractivity contribution in [2.24, 2.45) is 0 Å². The van der Waals surface area contributed by atoms with E-state index in [1.165, 1.54) is 0 Å². The van der Waals surface area contributed by atoms with Gasteiger partial charge in [0.05, 0.1) is 25.7 Å². The van der Waals surface area contributed by atoms with Gasteiger partial charge in [-0.15, -0.1) is 0 Å². The fourth-order valence-corrected chi connectivity index (χ4v) is 3.74. The first-order chi connectivity index (χ1) is 15.8. The molecule has 0 fully saturated rings. The zero-order chi connectivity index (χ0) is 24.1. The SMILES string of the molecule is CCN(Cc1ccc(OC)c(OC)c1)C(=O)c1ccc(Cn2nc(C)c([N+](=O)[O-])c2C)cc1. The Labute approximate surface area is 192 Å². The minimum atomic E-state index is -0.409. The third kappa shape index (κ3) is 5.14. The normalized spacial score (nSPS) is 10.7. The summed E-state index contributed by atoms with van der Waals surface area (Å²) in [7, 11) is 3.16. The van der Waals surface area contributed by atoms with Gasteiger partial charge in [-0.1, -0.05) is 18.2 Å². The summed E-state index contributed by atoms with van der Waals surface area (Å²) in [6.45, 7) is 6.61. The number of rotatable bonds is 9. The molecule has 0 unspecified atom stereocenters. The maximum absolute atomic E-state index is 13.1. The van der Waals surface area contributed by atoms with Crippen LogP contribution in [0.2, 0.25) is 0 Å². The van der Waals surface area contributed by atoms with E-state index < -0.39 is 4.92 Å². The van der Waals surface area contributed by atoms with Gasteiger partial charge in [0.2, 0.25) is 0 Å². The zero-order valence-electron chi connectivity index (χ0n) is 19.5. The number of methoxy groups -OCH3 is 2. The van der Waals surface area contributed by atoms with Gasteiger partial charge in [-0.25, -0.2) is 0 Å². The minimum Gasteiger partial charge on any atom is -0.493 e. The van der Waals surface area contributed by atoms with Crippen LogP contribution in [-0.2, 0) is 13.1 Å². The van der Waals surface area contributed by atoms with Crippen molar-refractivity contribution in [3.63, 3.8) is 0 Å². The highest BCUT2D eigenvalue weighted by atomic mass is 16.6. The van der Waals surface area contributed by atoms with E-state index in [9.17, 15) is 14.9 Å². The van der Waals surface area contributed by atoms with Crippen molar-refractivity contribution in [1.29, 1.82) is 0 Å². The molecule has 1 aromatic heterocycles. The van der Waals surface area contributed by atoms with Gasteiger partial charge in [0.1, 0.15) is 11.4 Å². The Morgan fingerprint density at radius 3 is 2.24 bits per heavy atom. The fourth-order valence-electron chi connectivity index (χ4n) is 3.74. The van der Waals surface area contributed by atoms with Crippen LogP contribution in [0.4, 0.5) is 5.69 Å². The summed E-state index contributed by atoms with van der Waals surface area (Å²) in [5.74, 6) is 1.17. The summed E-state index contributed by atoms with van der Waals surface area (Å²) >= 11 is 0. The molecule has 0 aliphatic carbocycles. The van der Waals surface area contributed by atoms with Gasteiger partial charge in [0.25, 0.3) is 5.91 Å². The molecule has 0 radical (unpaired) electrons. The summed E-state index contributed by atoms with van der Waals surface area (Å²) in [4.78, 5) is 25.6. The van der Waals surface area contributed by atoms with Gasteiger partial charge >= 0.3 is 5.69 Å². The van der Waals surface area contributed by atoms with Crippen molar-refractivity contribution in [3.8, 4) is 11.5 Å². The van der Waals surface area contributed by atoms with Crippen molar-refractivity contribution in [1.82, 2.24) is 14.7 Å². The molecule has 174 valence electrons. The smallest absolute Gasteiger partial charge is 0.312 e. The van der Waals surface area contributed by atoms with Crippen molar-refractivity contribution >= 4 is 11.6 Å². The molecule has 1 heterocycles. The van der Waals surface area contributed by atoms with Gasteiger partial charge in [-0.2, -0.15) is 5.10 Å². The van der Waals surface area contributed by atoms with Gasteiger partial charge in [0.15, 0.2) is 11.5 Å². The van der Waals surface area contributed by atoms with Crippen LogP contribution in [0.15, 0.2) is 42.5 Å². The van der Waals surface area contributed by atoms with Gasteiger partial charge < -0.3 is 14.4 Å². The summed E-state index contributed by atoms with van der Waals surface area (Å²) in [5, 5.41) is 15.5. The quantitative estimate of drug-likeness (QED) is 0.357. The lowest BCUT2D eigenvalue weighted by Gasteiger charge is -2.22. The number of carbonyl (C=O) groups excluding carboxylic acids is 1. The predicted octanol–water partition coefficient (Wildman–Crippen LogP) is 4.14. The monoisotopic (exact) mass is 452 g/mol. The van der Waals surface area contributed by atoms with Gasteiger partial charge in [0, 0.05) is 18.7 Å².